The largest absolute Gasteiger partial charge is 0.491 e. The van der Waals surface area contributed by atoms with Gasteiger partial charge in [-0.05, 0) is 80.6 Å². The van der Waals surface area contributed by atoms with Crippen molar-refractivity contribution in [3.05, 3.63) is 70.1 Å². The number of aryl methyl sites for hydroxylation is 2. The molecule has 0 atom stereocenters. The lowest BCUT2D eigenvalue weighted by Crippen LogP contribution is -2.27. The van der Waals surface area contributed by atoms with E-state index in [1.807, 2.05) is 58.0 Å². The molecule has 1 amide bonds. The van der Waals surface area contributed by atoms with Crippen molar-refractivity contribution in [1.29, 1.82) is 0 Å². The summed E-state index contributed by atoms with van der Waals surface area (Å²) in [7, 11) is 0. The minimum Gasteiger partial charge on any atom is -0.491 e. The first-order chi connectivity index (χ1) is 12.8. The van der Waals surface area contributed by atoms with Crippen LogP contribution in [0.4, 0.5) is 5.69 Å². The van der Waals surface area contributed by atoms with Gasteiger partial charge in [-0.3, -0.25) is 9.59 Å². The highest BCUT2D eigenvalue weighted by Gasteiger charge is 2.09. The minimum absolute atomic E-state index is 0.0357. The number of rotatable bonds is 5. The Morgan fingerprint density at radius 3 is 2.44 bits per heavy atom. The monoisotopic (exact) mass is 364 g/mol. The Balaban J connectivity index is 1.81. The topological polar surface area (TPSA) is 60.3 Å². The fourth-order valence-corrected chi connectivity index (χ4v) is 3.14. The Kier molecular flexibility index (Phi) is 5.31. The van der Waals surface area contributed by atoms with Crippen LogP contribution >= 0.6 is 0 Å². The molecule has 0 radical (unpaired) electrons. The highest BCUT2D eigenvalue weighted by atomic mass is 16.5. The van der Waals surface area contributed by atoms with E-state index in [0.717, 1.165) is 28.0 Å². The van der Waals surface area contributed by atoms with Gasteiger partial charge in [-0.2, -0.15) is 0 Å². The van der Waals surface area contributed by atoms with E-state index in [0.29, 0.717) is 5.39 Å². The highest BCUT2D eigenvalue weighted by molar-refractivity contribution is 5.91. The van der Waals surface area contributed by atoms with Crippen molar-refractivity contribution in [3.63, 3.8) is 0 Å². The van der Waals surface area contributed by atoms with Gasteiger partial charge in [0.05, 0.1) is 6.10 Å². The molecule has 3 rings (SSSR count). The summed E-state index contributed by atoms with van der Waals surface area (Å²) in [6.45, 7) is 7.83. The van der Waals surface area contributed by atoms with Crippen molar-refractivity contribution in [2.75, 3.05) is 5.32 Å². The second-order valence-electron chi connectivity index (χ2n) is 7.09. The molecule has 0 fully saturated rings. The predicted octanol–water partition coefficient (Wildman–Crippen LogP) is 4.04. The molecule has 0 bridgehead atoms. The van der Waals surface area contributed by atoms with E-state index < -0.39 is 0 Å². The molecule has 3 aromatic rings. The van der Waals surface area contributed by atoms with Crippen molar-refractivity contribution < 1.29 is 9.53 Å². The standard InChI is InChI=1S/C22H24N2O3/c1-14(2)27-19-5-6-20-17(12-19)7-8-24(22(20)26)13-21(25)23-18-10-15(3)9-16(4)11-18/h5-12,14H,13H2,1-4H3,(H,23,25). The molecule has 27 heavy (non-hydrogen) atoms. The summed E-state index contributed by atoms with van der Waals surface area (Å²) in [4.78, 5) is 25.1. The van der Waals surface area contributed by atoms with E-state index in [1.54, 1.807) is 18.3 Å². The van der Waals surface area contributed by atoms with Gasteiger partial charge in [0.15, 0.2) is 0 Å². The SMILES string of the molecule is Cc1cc(C)cc(NC(=O)Cn2ccc3cc(OC(C)C)ccc3c2=O)c1. The number of nitrogens with one attached hydrogen (secondary N) is 1. The number of carbonyl (C=O) groups excluding carboxylic acids is 1. The van der Waals surface area contributed by atoms with Crippen LogP contribution in [0.3, 0.4) is 0 Å². The number of fused-ring (bicyclic) bond motifs is 1. The smallest absolute Gasteiger partial charge is 0.258 e. The fourth-order valence-electron chi connectivity index (χ4n) is 3.14. The van der Waals surface area contributed by atoms with E-state index in [-0.39, 0.29) is 24.1 Å². The maximum absolute atomic E-state index is 12.7. The minimum atomic E-state index is -0.235. The Labute approximate surface area is 158 Å². The maximum atomic E-state index is 12.7. The average molecular weight is 364 g/mol. The van der Waals surface area contributed by atoms with Crippen LogP contribution in [-0.2, 0) is 11.3 Å². The van der Waals surface area contributed by atoms with E-state index >= 15 is 0 Å². The van der Waals surface area contributed by atoms with Crippen LogP contribution in [0.15, 0.2) is 53.5 Å². The van der Waals surface area contributed by atoms with Gasteiger partial charge in [0.25, 0.3) is 5.56 Å². The molecular weight excluding hydrogens is 340 g/mol. The summed E-state index contributed by atoms with van der Waals surface area (Å²) >= 11 is 0. The lowest BCUT2D eigenvalue weighted by molar-refractivity contribution is -0.116. The van der Waals surface area contributed by atoms with Gasteiger partial charge in [-0.1, -0.05) is 6.07 Å². The number of aromatic nitrogens is 1. The van der Waals surface area contributed by atoms with Crippen LogP contribution in [-0.4, -0.2) is 16.6 Å². The third kappa shape index (κ3) is 4.56. The van der Waals surface area contributed by atoms with Gasteiger partial charge in [-0.15, -0.1) is 0 Å². The lowest BCUT2D eigenvalue weighted by atomic mass is 10.1. The van der Waals surface area contributed by atoms with E-state index in [2.05, 4.69) is 5.32 Å². The molecule has 1 N–H and O–H groups in total. The summed E-state index contributed by atoms with van der Waals surface area (Å²) < 4.78 is 7.09. The van der Waals surface area contributed by atoms with Crippen LogP contribution in [0.25, 0.3) is 10.8 Å². The number of anilines is 1. The average Bonchev–Trinajstić information content (AvgIpc) is 2.56. The summed E-state index contributed by atoms with van der Waals surface area (Å²) in [6, 6.07) is 13.1. The molecule has 0 saturated carbocycles. The van der Waals surface area contributed by atoms with Gasteiger partial charge in [0.1, 0.15) is 12.3 Å². The van der Waals surface area contributed by atoms with Gasteiger partial charge >= 0.3 is 0 Å². The van der Waals surface area contributed by atoms with Crippen molar-refractivity contribution >= 4 is 22.4 Å². The Bertz CT molecular complexity index is 1030. The van der Waals surface area contributed by atoms with Gasteiger partial charge < -0.3 is 14.6 Å². The van der Waals surface area contributed by atoms with E-state index in [4.69, 9.17) is 4.74 Å². The van der Waals surface area contributed by atoms with Crippen molar-refractivity contribution in [2.45, 2.75) is 40.3 Å². The molecule has 5 heteroatoms. The zero-order valence-corrected chi connectivity index (χ0v) is 16.1. The number of ether oxygens (including phenoxy) is 1. The molecular formula is C22H24N2O3. The number of amides is 1. The van der Waals surface area contributed by atoms with E-state index in [9.17, 15) is 9.59 Å². The second-order valence-corrected chi connectivity index (χ2v) is 7.09. The number of nitrogens with zero attached hydrogens (tertiary/aromatic N) is 1. The van der Waals surface area contributed by atoms with Gasteiger partial charge in [-0.25, -0.2) is 0 Å². The zero-order valence-electron chi connectivity index (χ0n) is 16.1. The molecule has 1 aromatic heterocycles. The second kappa shape index (κ2) is 7.66. The first-order valence-corrected chi connectivity index (χ1v) is 9.00. The summed E-state index contributed by atoms with van der Waals surface area (Å²) in [5.74, 6) is 0.489. The normalized spacial score (nSPS) is 11.0. The molecule has 0 aliphatic heterocycles. The molecule has 1 heterocycles. The molecule has 0 saturated heterocycles. The van der Waals surface area contributed by atoms with Gasteiger partial charge in [0.2, 0.25) is 5.91 Å². The number of hydrogen-bond donors (Lipinski definition) is 1. The Morgan fingerprint density at radius 2 is 1.78 bits per heavy atom. The first-order valence-electron chi connectivity index (χ1n) is 9.00. The van der Waals surface area contributed by atoms with E-state index in [1.165, 1.54) is 4.57 Å². The molecule has 2 aromatic carbocycles. The Morgan fingerprint density at radius 1 is 1.07 bits per heavy atom. The summed E-state index contributed by atoms with van der Waals surface area (Å²) in [5, 5.41) is 4.22. The van der Waals surface area contributed by atoms with Gasteiger partial charge in [0, 0.05) is 17.3 Å². The Hall–Kier alpha value is -3.08. The third-order valence-electron chi connectivity index (χ3n) is 4.14. The zero-order chi connectivity index (χ0) is 19.6. The third-order valence-corrected chi connectivity index (χ3v) is 4.14. The first kappa shape index (κ1) is 18.7. The van der Waals surface area contributed by atoms with Crippen LogP contribution < -0.4 is 15.6 Å². The number of benzene rings is 2. The van der Waals surface area contributed by atoms with Crippen molar-refractivity contribution in [1.82, 2.24) is 4.57 Å². The molecule has 0 aliphatic rings. The molecule has 5 nitrogen and oxygen atoms in total. The van der Waals surface area contributed by atoms with Crippen molar-refractivity contribution in [3.8, 4) is 5.75 Å². The number of hydrogen-bond acceptors (Lipinski definition) is 3. The molecule has 0 spiro atoms. The van der Waals surface area contributed by atoms with Crippen molar-refractivity contribution in [2.24, 2.45) is 0 Å². The fraction of sp³-hybridized carbons (Fsp3) is 0.273. The van der Waals surface area contributed by atoms with Crippen LogP contribution in [0, 0.1) is 13.8 Å². The predicted molar refractivity (Wildman–Crippen MR) is 109 cm³/mol. The molecule has 140 valence electrons. The quantitative estimate of drug-likeness (QED) is 0.743. The van der Waals surface area contributed by atoms with Crippen LogP contribution in [0.2, 0.25) is 0 Å². The summed E-state index contributed by atoms with van der Waals surface area (Å²) in [5.41, 5.74) is 2.70. The summed E-state index contributed by atoms with van der Waals surface area (Å²) in [6.07, 6.45) is 1.71. The number of carbonyl (C=O) groups is 1. The highest BCUT2D eigenvalue weighted by Crippen LogP contribution is 2.19. The van der Waals surface area contributed by atoms with Crippen LogP contribution in [0.5, 0.6) is 5.75 Å². The number of pyridine rings is 1. The van der Waals surface area contributed by atoms with Crippen LogP contribution in [0.1, 0.15) is 25.0 Å². The molecule has 0 unspecified atom stereocenters. The lowest BCUT2D eigenvalue weighted by Gasteiger charge is -2.12. The molecule has 0 aliphatic carbocycles. The maximum Gasteiger partial charge on any atom is 0.258 e.